The van der Waals surface area contributed by atoms with E-state index in [4.69, 9.17) is 9.47 Å². The number of ether oxygens (including phenoxy) is 2. The van der Waals surface area contributed by atoms with Crippen LogP contribution >= 0.6 is 0 Å². The molecule has 1 atom stereocenters. The van der Waals surface area contributed by atoms with Crippen LogP contribution in [0.3, 0.4) is 0 Å². The van der Waals surface area contributed by atoms with Gasteiger partial charge >= 0.3 is 12.1 Å². The molecule has 0 fully saturated rings. The molecule has 0 saturated heterocycles. The molecule has 0 bridgehead atoms. The quantitative estimate of drug-likeness (QED) is 0.725. The normalized spacial score (nSPS) is 12.2. The number of carbonyl (C=O) groups is 3. The van der Waals surface area contributed by atoms with Crippen LogP contribution in [0.5, 0.6) is 0 Å². The topological polar surface area (TPSA) is 93.7 Å². The molecule has 144 valence electrons. The molecule has 1 aromatic carbocycles. The first-order chi connectivity index (χ1) is 12.1. The first-order valence-corrected chi connectivity index (χ1v) is 8.55. The molecule has 0 aliphatic rings. The number of esters is 1. The second-order valence-electron chi connectivity index (χ2n) is 7.24. The summed E-state index contributed by atoms with van der Waals surface area (Å²) in [6, 6.07) is 8.41. The maximum absolute atomic E-state index is 12.2. The molecule has 7 heteroatoms. The van der Waals surface area contributed by atoms with Crippen LogP contribution in [-0.2, 0) is 25.7 Å². The van der Waals surface area contributed by atoms with Crippen LogP contribution in [0.15, 0.2) is 30.3 Å². The lowest BCUT2D eigenvalue weighted by molar-refractivity contribution is -0.159. The van der Waals surface area contributed by atoms with Gasteiger partial charge in [-0.15, -0.1) is 0 Å². The van der Waals surface area contributed by atoms with Gasteiger partial charge < -0.3 is 20.1 Å². The van der Waals surface area contributed by atoms with Crippen molar-refractivity contribution < 1.29 is 23.9 Å². The average Bonchev–Trinajstić information content (AvgIpc) is 2.55. The Morgan fingerprint density at radius 1 is 1.08 bits per heavy atom. The molecule has 7 nitrogen and oxygen atoms in total. The summed E-state index contributed by atoms with van der Waals surface area (Å²) >= 11 is 0. The molecule has 0 aliphatic carbocycles. The molecule has 0 spiro atoms. The summed E-state index contributed by atoms with van der Waals surface area (Å²) < 4.78 is 10.3. The van der Waals surface area contributed by atoms with Gasteiger partial charge in [0.05, 0.1) is 0 Å². The van der Waals surface area contributed by atoms with Crippen molar-refractivity contribution in [3.63, 3.8) is 0 Å². The zero-order chi connectivity index (χ0) is 19.7. The van der Waals surface area contributed by atoms with Gasteiger partial charge in [0, 0.05) is 0 Å². The lowest BCUT2D eigenvalue weighted by Gasteiger charge is -2.26. The van der Waals surface area contributed by atoms with Gasteiger partial charge in [-0.25, -0.2) is 9.59 Å². The lowest BCUT2D eigenvalue weighted by atomic mass is 10.0. The molecular formula is C19H28N2O5. The minimum atomic E-state index is -0.788. The Balaban J connectivity index is 2.42. The van der Waals surface area contributed by atoms with Crippen LogP contribution in [0.2, 0.25) is 0 Å². The van der Waals surface area contributed by atoms with E-state index in [2.05, 4.69) is 10.6 Å². The van der Waals surface area contributed by atoms with Crippen molar-refractivity contribution >= 4 is 18.0 Å². The molecule has 1 aromatic rings. The van der Waals surface area contributed by atoms with Crippen molar-refractivity contribution in [2.75, 3.05) is 6.54 Å². The number of nitrogens with one attached hydrogen (secondary N) is 2. The fourth-order valence-corrected chi connectivity index (χ4v) is 2.01. The monoisotopic (exact) mass is 364 g/mol. The lowest BCUT2D eigenvalue weighted by Crippen LogP contribution is -2.50. The molecule has 0 saturated carbocycles. The third kappa shape index (κ3) is 8.50. The number of hydrogen-bond acceptors (Lipinski definition) is 5. The van der Waals surface area contributed by atoms with E-state index < -0.39 is 29.6 Å². The van der Waals surface area contributed by atoms with E-state index in [0.29, 0.717) is 0 Å². The maximum Gasteiger partial charge on any atom is 0.407 e. The van der Waals surface area contributed by atoms with Crippen molar-refractivity contribution in [2.24, 2.45) is 5.92 Å². The maximum atomic E-state index is 12.2. The highest BCUT2D eigenvalue weighted by Gasteiger charge is 2.29. The fourth-order valence-electron chi connectivity index (χ4n) is 2.01. The number of rotatable bonds is 7. The molecular weight excluding hydrogens is 336 g/mol. The van der Waals surface area contributed by atoms with Gasteiger partial charge in [0.15, 0.2) is 0 Å². The molecule has 0 unspecified atom stereocenters. The Bertz CT molecular complexity index is 608. The summed E-state index contributed by atoms with van der Waals surface area (Å²) in [5.74, 6) is -1.16. The van der Waals surface area contributed by atoms with Gasteiger partial charge in [0.2, 0.25) is 5.91 Å². The number of benzene rings is 1. The molecule has 2 amide bonds. The van der Waals surface area contributed by atoms with Crippen molar-refractivity contribution in [1.82, 2.24) is 10.6 Å². The van der Waals surface area contributed by atoms with Crippen molar-refractivity contribution in [2.45, 2.75) is 52.9 Å². The van der Waals surface area contributed by atoms with Gasteiger partial charge in [0.1, 0.15) is 24.8 Å². The second-order valence-corrected chi connectivity index (χ2v) is 7.24. The zero-order valence-corrected chi connectivity index (χ0v) is 16.0. The fraction of sp³-hybridized carbons (Fsp3) is 0.526. The first-order valence-electron chi connectivity index (χ1n) is 8.55. The summed E-state index contributed by atoms with van der Waals surface area (Å²) in [5.41, 5.74) is 0.200. The van der Waals surface area contributed by atoms with E-state index in [1.165, 1.54) is 0 Å². The summed E-state index contributed by atoms with van der Waals surface area (Å²) in [7, 11) is 0. The van der Waals surface area contributed by atoms with Crippen LogP contribution in [0.4, 0.5) is 4.79 Å². The average molecular weight is 364 g/mol. The summed E-state index contributed by atoms with van der Waals surface area (Å²) in [4.78, 5) is 35.9. The Morgan fingerprint density at radius 2 is 1.69 bits per heavy atom. The molecule has 2 N–H and O–H groups in total. The van der Waals surface area contributed by atoms with Crippen LogP contribution in [0.25, 0.3) is 0 Å². The Morgan fingerprint density at radius 3 is 2.23 bits per heavy atom. The zero-order valence-electron chi connectivity index (χ0n) is 16.0. The Kier molecular flexibility index (Phi) is 8.09. The third-order valence-electron chi connectivity index (χ3n) is 3.25. The van der Waals surface area contributed by atoms with Crippen LogP contribution in [-0.4, -0.2) is 36.2 Å². The SMILES string of the molecule is CC(C)[C@@H](NC(=O)CNC(=O)OCc1ccccc1)C(=O)OC(C)(C)C. The summed E-state index contributed by atoms with van der Waals surface area (Å²) in [6.45, 7) is 8.70. The Labute approximate surface area is 154 Å². The number of amides is 2. The standard InChI is InChI=1S/C19H28N2O5/c1-13(2)16(17(23)26-19(3,4)5)21-15(22)11-20-18(24)25-12-14-9-7-6-8-10-14/h6-10,13,16H,11-12H2,1-5H3,(H,20,24)(H,21,22)/t16-/m1/s1. The smallest absolute Gasteiger partial charge is 0.407 e. The molecule has 0 heterocycles. The van der Waals surface area contributed by atoms with E-state index in [1.807, 2.05) is 30.3 Å². The molecule has 0 aromatic heterocycles. The molecule has 26 heavy (non-hydrogen) atoms. The van der Waals surface area contributed by atoms with Crippen LogP contribution < -0.4 is 10.6 Å². The number of alkyl carbamates (subject to hydrolysis) is 1. The van der Waals surface area contributed by atoms with Gasteiger partial charge in [-0.1, -0.05) is 44.2 Å². The number of carbonyl (C=O) groups excluding carboxylic acids is 3. The highest BCUT2D eigenvalue weighted by atomic mass is 16.6. The van der Waals surface area contributed by atoms with Gasteiger partial charge in [-0.2, -0.15) is 0 Å². The van der Waals surface area contributed by atoms with E-state index in [1.54, 1.807) is 34.6 Å². The molecule has 0 aliphatic heterocycles. The highest BCUT2D eigenvalue weighted by Crippen LogP contribution is 2.12. The van der Waals surface area contributed by atoms with Crippen LogP contribution in [0, 0.1) is 5.92 Å². The third-order valence-corrected chi connectivity index (χ3v) is 3.25. The van der Waals surface area contributed by atoms with Crippen LogP contribution in [0.1, 0.15) is 40.2 Å². The van der Waals surface area contributed by atoms with Gasteiger partial charge in [-0.05, 0) is 32.3 Å². The largest absolute Gasteiger partial charge is 0.458 e. The highest BCUT2D eigenvalue weighted by molar-refractivity contribution is 5.87. The minimum Gasteiger partial charge on any atom is -0.458 e. The van der Waals surface area contributed by atoms with E-state index in [9.17, 15) is 14.4 Å². The van der Waals surface area contributed by atoms with Crippen molar-refractivity contribution in [3.8, 4) is 0 Å². The minimum absolute atomic E-state index is 0.112. The summed E-state index contributed by atoms with van der Waals surface area (Å²) in [5, 5.41) is 4.94. The molecule has 1 rings (SSSR count). The number of hydrogen-bond donors (Lipinski definition) is 2. The summed E-state index contributed by atoms with van der Waals surface area (Å²) in [6.07, 6.45) is -0.706. The molecule has 0 radical (unpaired) electrons. The predicted octanol–water partition coefficient (Wildman–Crippen LogP) is 2.40. The second kappa shape index (κ2) is 9.79. The Hall–Kier alpha value is -2.57. The van der Waals surface area contributed by atoms with Gasteiger partial charge in [-0.3, -0.25) is 4.79 Å². The van der Waals surface area contributed by atoms with Crippen molar-refractivity contribution in [1.29, 1.82) is 0 Å². The van der Waals surface area contributed by atoms with E-state index >= 15 is 0 Å². The van der Waals surface area contributed by atoms with Crippen molar-refractivity contribution in [3.05, 3.63) is 35.9 Å². The predicted molar refractivity (Wildman–Crippen MR) is 97.2 cm³/mol. The van der Waals surface area contributed by atoms with E-state index in [-0.39, 0.29) is 19.1 Å². The first kappa shape index (κ1) is 21.5. The van der Waals surface area contributed by atoms with Gasteiger partial charge in [0.25, 0.3) is 0 Å². The van der Waals surface area contributed by atoms with E-state index in [0.717, 1.165) is 5.56 Å².